The van der Waals surface area contributed by atoms with Gasteiger partial charge in [0, 0.05) is 19.7 Å². The molecule has 0 amide bonds. The van der Waals surface area contributed by atoms with Crippen LogP contribution in [0.1, 0.15) is 18.1 Å². The quantitative estimate of drug-likeness (QED) is 0.488. The van der Waals surface area contributed by atoms with Crippen LogP contribution in [-0.4, -0.2) is 32.1 Å². The van der Waals surface area contributed by atoms with Crippen LogP contribution < -0.4 is 15.5 Å². The van der Waals surface area contributed by atoms with E-state index in [1.807, 2.05) is 25.1 Å². The van der Waals surface area contributed by atoms with E-state index in [-0.39, 0.29) is 0 Å². The first-order valence-corrected chi connectivity index (χ1v) is 6.21. The Balaban J connectivity index is 2.94. The second-order valence-corrected chi connectivity index (χ2v) is 4.26. The number of nitrogens with one attached hydrogen (secondary N) is 2. The van der Waals surface area contributed by atoms with Crippen molar-refractivity contribution in [2.24, 2.45) is 5.10 Å². The Morgan fingerprint density at radius 2 is 2.11 bits per heavy atom. The van der Waals surface area contributed by atoms with E-state index in [2.05, 4.69) is 15.8 Å². The van der Waals surface area contributed by atoms with Gasteiger partial charge < -0.3 is 14.8 Å². The van der Waals surface area contributed by atoms with Gasteiger partial charge in [-0.15, -0.1) is 0 Å². The topological polar surface area (TPSA) is 54.9 Å². The van der Waals surface area contributed by atoms with Crippen molar-refractivity contribution >= 4 is 23.0 Å². The van der Waals surface area contributed by atoms with Crippen LogP contribution in [0, 0.1) is 0 Å². The highest BCUT2D eigenvalue weighted by atomic mass is 32.1. The summed E-state index contributed by atoms with van der Waals surface area (Å²) in [6, 6.07) is 5.84. The van der Waals surface area contributed by atoms with E-state index in [0.29, 0.717) is 11.7 Å². The third-order valence-corrected chi connectivity index (χ3v) is 2.85. The monoisotopic (exact) mass is 281 g/mol. The molecule has 0 spiro atoms. The fraction of sp³-hybridized carbons (Fsp3) is 0.385. The normalized spacial score (nSPS) is 11.1. The number of nitrogens with zero attached hydrogens (tertiary/aromatic N) is 1. The van der Waals surface area contributed by atoms with Gasteiger partial charge in [-0.1, -0.05) is 0 Å². The number of ether oxygens (including phenoxy) is 2. The first-order chi connectivity index (χ1) is 9.12. The van der Waals surface area contributed by atoms with E-state index < -0.39 is 0 Å². The third-order valence-electron chi connectivity index (χ3n) is 2.55. The molecule has 1 rings (SSSR count). The van der Waals surface area contributed by atoms with Crippen molar-refractivity contribution in [3.8, 4) is 5.75 Å². The zero-order chi connectivity index (χ0) is 14.3. The van der Waals surface area contributed by atoms with Crippen molar-refractivity contribution in [2.75, 3.05) is 21.3 Å². The number of hydrazone groups is 1. The Labute approximate surface area is 119 Å². The third kappa shape index (κ3) is 4.50. The smallest absolute Gasteiger partial charge is 0.186 e. The summed E-state index contributed by atoms with van der Waals surface area (Å²) in [5.74, 6) is 0.803. The van der Waals surface area contributed by atoms with Gasteiger partial charge in [0.2, 0.25) is 0 Å². The minimum absolute atomic E-state index is 0.477. The summed E-state index contributed by atoms with van der Waals surface area (Å²) >= 11 is 4.96. The molecule has 0 unspecified atom stereocenters. The molecular weight excluding hydrogens is 262 g/mol. The summed E-state index contributed by atoms with van der Waals surface area (Å²) in [7, 11) is 5.03. The van der Waals surface area contributed by atoms with E-state index in [4.69, 9.17) is 21.7 Å². The molecule has 0 heterocycles. The van der Waals surface area contributed by atoms with Gasteiger partial charge in [-0.25, -0.2) is 0 Å². The Morgan fingerprint density at radius 3 is 2.68 bits per heavy atom. The maximum atomic E-state index is 5.28. The van der Waals surface area contributed by atoms with Crippen LogP contribution in [0.2, 0.25) is 0 Å². The predicted octanol–water partition coefficient (Wildman–Crippen LogP) is 1.66. The first kappa shape index (κ1) is 15.4. The van der Waals surface area contributed by atoms with Gasteiger partial charge in [0.1, 0.15) is 5.75 Å². The summed E-state index contributed by atoms with van der Waals surface area (Å²) in [4.78, 5) is 0. The van der Waals surface area contributed by atoms with E-state index in [1.54, 1.807) is 21.3 Å². The van der Waals surface area contributed by atoms with Crippen LogP contribution in [-0.2, 0) is 11.3 Å². The van der Waals surface area contributed by atoms with E-state index in [9.17, 15) is 0 Å². The van der Waals surface area contributed by atoms with Crippen molar-refractivity contribution in [1.29, 1.82) is 0 Å². The lowest BCUT2D eigenvalue weighted by Crippen LogP contribution is -2.29. The Morgan fingerprint density at radius 1 is 1.37 bits per heavy atom. The maximum absolute atomic E-state index is 5.28. The summed E-state index contributed by atoms with van der Waals surface area (Å²) in [6.45, 7) is 2.40. The molecule has 0 atom stereocenters. The maximum Gasteiger partial charge on any atom is 0.186 e. The van der Waals surface area contributed by atoms with Crippen molar-refractivity contribution < 1.29 is 9.47 Å². The van der Waals surface area contributed by atoms with Crippen molar-refractivity contribution in [3.05, 3.63) is 29.3 Å². The molecule has 0 aliphatic carbocycles. The lowest BCUT2D eigenvalue weighted by atomic mass is 10.1. The SMILES string of the molecule is CNC(=S)N/N=C(/C)c1ccc(OC)c(COC)c1. The molecule has 6 heteroatoms. The fourth-order valence-corrected chi connectivity index (χ4v) is 1.57. The Bertz CT molecular complexity index is 475. The van der Waals surface area contributed by atoms with Gasteiger partial charge in [0.25, 0.3) is 0 Å². The molecule has 0 saturated carbocycles. The molecule has 1 aromatic rings. The van der Waals surface area contributed by atoms with Gasteiger partial charge in [-0.05, 0) is 42.9 Å². The van der Waals surface area contributed by atoms with Crippen LogP contribution in [0.5, 0.6) is 5.75 Å². The van der Waals surface area contributed by atoms with Crippen LogP contribution in [0.25, 0.3) is 0 Å². The summed E-state index contributed by atoms with van der Waals surface area (Å²) in [6.07, 6.45) is 0. The number of benzene rings is 1. The minimum atomic E-state index is 0.477. The van der Waals surface area contributed by atoms with Gasteiger partial charge in [-0.2, -0.15) is 5.10 Å². The molecule has 5 nitrogen and oxygen atoms in total. The molecule has 0 aromatic heterocycles. The zero-order valence-corrected chi connectivity index (χ0v) is 12.4. The van der Waals surface area contributed by atoms with Crippen molar-refractivity contribution in [1.82, 2.24) is 10.7 Å². The molecule has 1 aromatic carbocycles. The average molecular weight is 281 g/mol. The lowest BCUT2D eigenvalue weighted by molar-refractivity contribution is 0.181. The summed E-state index contributed by atoms with van der Waals surface area (Å²) in [5, 5.41) is 7.47. The van der Waals surface area contributed by atoms with Crippen LogP contribution in [0.15, 0.2) is 23.3 Å². The highest BCUT2D eigenvalue weighted by Gasteiger charge is 2.06. The molecule has 0 radical (unpaired) electrons. The number of rotatable bonds is 5. The fourth-order valence-electron chi connectivity index (χ4n) is 1.53. The molecule has 0 fully saturated rings. The van der Waals surface area contributed by atoms with E-state index >= 15 is 0 Å². The van der Waals surface area contributed by atoms with Crippen LogP contribution >= 0.6 is 12.2 Å². The largest absolute Gasteiger partial charge is 0.496 e. The Kier molecular flexibility index (Phi) is 6.24. The van der Waals surface area contributed by atoms with Crippen LogP contribution in [0.3, 0.4) is 0 Å². The molecule has 0 saturated heterocycles. The second-order valence-electron chi connectivity index (χ2n) is 3.85. The Hall–Kier alpha value is -1.66. The number of hydrogen-bond donors (Lipinski definition) is 2. The summed E-state index contributed by atoms with van der Waals surface area (Å²) in [5.41, 5.74) is 5.55. The first-order valence-electron chi connectivity index (χ1n) is 5.80. The molecule has 2 N–H and O–H groups in total. The van der Waals surface area contributed by atoms with Crippen LogP contribution in [0.4, 0.5) is 0 Å². The standard InChI is InChI=1S/C13H19N3O2S/c1-9(15-16-13(19)14-2)10-5-6-12(18-4)11(7-10)8-17-3/h5-7H,8H2,1-4H3,(H2,14,16,19)/b15-9-. The molecule has 19 heavy (non-hydrogen) atoms. The van der Waals surface area contributed by atoms with Gasteiger partial charge in [-0.3, -0.25) is 5.43 Å². The molecular formula is C13H19N3O2S. The highest BCUT2D eigenvalue weighted by molar-refractivity contribution is 7.80. The summed E-state index contributed by atoms with van der Waals surface area (Å²) < 4.78 is 10.4. The lowest BCUT2D eigenvalue weighted by Gasteiger charge is -2.10. The van der Waals surface area contributed by atoms with Gasteiger partial charge >= 0.3 is 0 Å². The second kappa shape index (κ2) is 7.70. The van der Waals surface area contributed by atoms with Gasteiger partial charge in [0.15, 0.2) is 5.11 Å². The average Bonchev–Trinajstić information content (AvgIpc) is 2.44. The van der Waals surface area contributed by atoms with E-state index in [1.165, 1.54) is 0 Å². The number of methoxy groups -OCH3 is 2. The highest BCUT2D eigenvalue weighted by Crippen LogP contribution is 2.21. The minimum Gasteiger partial charge on any atom is -0.496 e. The van der Waals surface area contributed by atoms with Gasteiger partial charge in [0.05, 0.1) is 19.4 Å². The number of thiocarbonyl (C=S) groups is 1. The number of hydrogen-bond acceptors (Lipinski definition) is 4. The van der Waals surface area contributed by atoms with E-state index in [0.717, 1.165) is 22.6 Å². The zero-order valence-electron chi connectivity index (χ0n) is 11.6. The molecule has 104 valence electrons. The molecule has 0 aliphatic heterocycles. The molecule has 0 bridgehead atoms. The predicted molar refractivity (Wildman–Crippen MR) is 80.7 cm³/mol. The van der Waals surface area contributed by atoms with Crippen molar-refractivity contribution in [3.63, 3.8) is 0 Å². The molecule has 0 aliphatic rings. The van der Waals surface area contributed by atoms with Crippen molar-refractivity contribution in [2.45, 2.75) is 13.5 Å².